The van der Waals surface area contributed by atoms with Gasteiger partial charge >= 0.3 is 0 Å². The number of aromatic nitrogens is 2. The van der Waals surface area contributed by atoms with Gasteiger partial charge in [-0.3, -0.25) is 0 Å². The van der Waals surface area contributed by atoms with E-state index in [4.69, 9.17) is 9.47 Å². The smallest absolute Gasteiger partial charge is 0.231 e. The monoisotopic (exact) mass is 423 g/mol. The zero-order chi connectivity index (χ0) is 21.6. The van der Waals surface area contributed by atoms with Crippen LogP contribution in [0.25, 0.3) is 5.69 Å². The van der Waals surface area contributed by atoms with Gasteiger partial charge < -0.3 is 24.7 Å². The first-order chi connectivity index (χ1) is 15.1. The van der Waals surface area contributed by atoms with Gasteiger partial charge in [0.15, 0.2) is 17.5 Å². The largest absolute Gasteiger partial charge is 0.454 e. The van der Waals surface area contributed by atoms with Gasteiger partial charge in [-0.25, -0.2) is 14.4 Å². The zero-order valence-electron chi connectivity index (χ0n) is 17.7. The molecule has 1 aliphatic rings. The lowest BCUT2D eigenvalue weighted by Crippen LogP contribution is -2.38. The summed E-state index contributed by atoms with van der Waals surface area (Å²) >= 11 is 0. The van der Waals surface area contributed by atoms with Crippen molar-refractivity contribution in [3.05, 3.63) is 71.6 Å². The first-order valence-electron chi connectivity index (χ1n) is 10.3. The summed E-state index contributed by atoms with van der Waals surface area (Å²) in [6, 6.07) is 11.1. The van der Waals surface area contributed by atoms with Crippen LogP contribution >= 0.6 is 0 Å². The molecule has 0 saturated carbocycles. The molecule has 4 rings (SSSR count). The number of ether oxygens (including phenoxy) is 2. The molecule has 0 aliphatic carbocycles. The number of fused-ring (bicyclic) bond motifs is 1. The molecule has 1 aliphatic heterocycles. The number of aliphatic imine (C=N–C) groups is 1. The van der Waals surface area contributed by atoms with Gasteiger partial charge in [-0.1, -0.05) is 12.1 Å². The number of hydrogen-bond acceptors (Lipinski definition) is 4. The van der Waals surface area contributed by atoms with Crippen molar-refractivity contribution in [2.45, 2.75) is 26.8 Å². The van der Waals surface area contributed by atoms with Gasteiger partial charge in [0, 0.05) is 25.5 Å². The fourth-order valence-corrected chi connectivity index (χ4v) is 3.41. The van der Waals surface area contributed by atoms with Crippen molar-refractivity contribution >= 4 is 5.96 Å². The molecule has 0 saturated heterocycles. The van der Waals surface area contributed by atoms with E-state index >= 15 is 0 Å². The second kappa shape index (κ2) is 9.51. The lowest BCUT2D eigenvalue weighted by atomic mass is 10.1. The van der Waals surface area contributed by atoms with Crippen molar-refractivity contribution in [1.82, 2.24) is 20.2 Å². The van der Waals surface area contributed by atoms with Crippen molar-refractivity contribution in [1.29, 1.82) is 0 Å². The summed E-state index contributed by atoms with van der Waals surface area (Å²) in [6.07, 6.45) is 4.22. The molecule has 0 unspecified atom stereocenters. The van der Waals surface area contributed by atoms with E-state index in [-0.39, 0.29) is 12.6 Å². The molecule has 0 radical (unpaired) electrons. The van der Waals surface area contributed by atoms with Crippen LogP contribution in [0.3, 0.4) is 0 Å². The van der Waals surface area contributed by atoms with Crippen LogP contribution in [0.4, 0.5) is 4.39 Å². The Labute approximate surface area is 180 Å². The predicted molar refractivity (Wildman–Crippen MR) is 117 cm³/mol. The van der Waals surface area contributed by atoms with E-state index in [2.05, 4.69) is 20.6 Å². The van der Waals surface area contributed by atoms with Crippen molar-refractivity contribution < 1.29 is 13.9 Å². The third-order valence-electron chi connectivity index (χ3n) is 5.00. The molecule has 162 valence electrons. The fraction of sp³-hybridized carbons (Fsp3) is 0.304. The molecule has 0 spiro atoms. The van der Waals surface area contributed by atoms with Crippen LogP contribution in [0, 0.1) is 12.7 Å². The second-order valence-corrected chi connectivity index (χ2v) is 7.19. The minimum atomic E-state index is -0.297. The molecule has 8 heteroatoms. The molecule has 3 aromatic rings. The van der Waals surface area contributed by atoms with E-state index < -0.39 is 0 Å². The van der Waals surface area contributed by atoms with Gasteiger partial charge in [0.1, 0.15) is 11.6 Å². The van der Waals surface area contributed by atoms with Gasteiger partial charge in [-0.15, -0.1) is 0 Å². The highest BCUT2D eigenvalue weighted by atomic mass is 19.1. The van der Waals surface area contributed by atoms with E-state index in [1.54, 1.807) is 23.0 Å². The molecule has 2 heterocycles. The summed E-state index contributed by atoms with van der Waals surface area (Å²) < 4.78 is 27.1. The van der Waals surface area contributed by atoms with Crippen LogP contribution in [0.2, 0.25) is 0 Å². The molecule has 0 atom stereocenters. The maximum absolute atomic E-state index is 14.6. The molecule has 0 amide bonds. The van der Waals surface area contributed by atoms with E-state index in [9.17, 15) is 4.39 Å². The molecule has 0 fully saturated rings. The molecule has 2 aromatic carbocycles. The zero-order valence-corrected chi connectivity index (χ0v) is 17.7. The van der Waals surface area contributed by atoms with Crippen molar-refractivity contribution in [2.75, 3.05) is 19.9 Å². The Kier molecular flexibility index (Phi) is 6.35. The summed E-state index contributed by atoms with van der Waals surface area (Å²) in [7, 11) is 0. The first kappa shape index (κ1) is 20.7. The van der Waals surface area contributed by atoms with Crippen molar-refractivity contribution in [2.24, 2.45) is 4.99 Å². The van der Waals surface area contributed by atoms with E-state index in [0.29, 0.717) is 24.7 Å². The van der Waals surface area contributed by atoms with Crippen LogP contribution in [0.1, 0.15) is 23.9 Å². The molecule has 0 bridgehead atoms. The summed E-state index contributed by atoms with van der Waals surface area (Å²) in [5.41, 5.74) is 2.43. The highest BCUT2D eigenvalue weighted by Crippen LogP contribution is 2.32. The van der Waals surface area contributed by atoms with Crippen LogP contribution in [-0.2, 0) is 13.0 Å². The van der Waals surface area contributed by atoms with E-state index in [1.807, 2.05) is 38.1 Å². The van der Waals surface area contributed by atoms with Gasteiger partial charge in [0.25, 0.3) is 0 Å². The SMILES string of the molecule is CCNC(=NCc1ccc(-n2ccnc2C)c(F)c1)NCCc1ccc2c(c1)OCO2. The highest BCUT2D eigenvalue weighted by molar-refractivity contribution is 5.79. The summed E-state index contributed by atoms with van der Waals surface area (Å²) in [5.74, 6) is 2.71. The average molecular weight is 423 g/mol. The van der Waals surface area contributed by atoms with Crippen LogP contribution in [0.5, 0.6) is 11.5 Å². The topological polar surface area (TPSA) is 72.7 Å². The minimum Gasteiger partial charge on any atom is -0.454 e. The average Bonchev–Trinajstić information content (AvgIpc) is 3.40. The maximum Gasteiger partial charge on any atom is 0.231 e. The van der Waals surface area contributed by atoms with Gasteiger partial charge in [-0.05, 0) is 55.7 Å². The Balaban J connectivity index is 1.36. The number of aryl methyl sites for hydroxylation is 1. The predicted octanol–water partition coefficient (Wildman–Crippen LogP) is 3.35. The number of imidazole rings is 1. The van der Waals surface area contributed by atoms with Crippen molar-refractivity contribution in [3.8, 4) is 17.2 Å². The Morgan fingerprint density at radius 3 is 2.74 bits per heavy atom. The summed E-state index contributed by atoms with van der Waals surface area (Å²) in [6.45, 7) is 5.95. The third kappa shape index (κ3) is 4.96. The minimum absolute atomic E-state index is 0.276. The van der Waals surface area contributed by atoms with Crippen molar-refractivity contribution in [3.63, 3.8) is 0 Å². The maximum atomic E-state index is 14.6. The van der Waals surface area contributed by atoms with Crippen LogP contribution < -0.4 is 20.1 Å². The van der Waals surface area contributed by atoms with E-state index in [0.717, 1.165) is 41.4 Å². The summed E-state index contributed by atoms with van der Waals surface area (Å²) in [4.78, 5) is 8.74. The normalized spacial score (nSPS) is 12.8. The molecule has 7 nitrogen and oxygen atoms in total. The number of nitrogens with one attached hydrogen (secondary N) is 2. The lowest BCUT2D eigenvalue weighted by Gasteiger charge is -2.12. The van der Waals surface area contributed by atoms with Crippen LogP contribution in [0.15, 0.2) is 53.8 Å². The van der Waals surface area contributed by atoms with Gasteiger partial charge in [-0.2, -0.15) is 0 Å². The molecule has 2 N–H and O–H groups in total. The molecule has 1 aromatic heterocycles. The lowest BCUT2D eigenvalue weighted by molar-refractivity contribution is 0.174. The van der Waals surface area contributed by atoms with Gasteiger partial charge in [0.05, 0.1) is 12.2 Å². The second-order valence-electron chi connectivity index (χ2n) is 7.19. The summed E-state index contributed by atoms with van der Waals surface area (Å²) in [5, 5.41) is 6.55. The Hall–Kier alpha value is -3.55. The van der Waals surface area contributed by atoms with Gasteiger partial charge in [0.2, 0.25) is 6.79 Å². The molecular weight excluding hydrogens is 397 g/mol. The number of guanidine groups is 1. The standard InChI is InChI=1S/C23H26FN5O2/c1-3-25-23(27-9-8-17-5-7-21-22(13-17)31-15-30-21)28-14-18-4-6-20(19(24)12-18)29-11-10-26-16(29)2/h4-7,10-13H,3,8-9,14-15H2,1-2H3,(H2,25,27,28). The fourth-order valence-electron chi connectivity index (χ4n) is 3.41. The molecule has 31 heavy (non-hydrogen) atoms. The third-order valence-corrected chi connectivity index (χ3v) is 5.00. The van der Waals surface area contributed by atoms with E-state index in [1.165, 1.54) is 6.07 Å². The number of benzene rings is 2. The number of rotatable bonds is 7. The Morgan fingerprint density at radius 2 is 1.97 bits per heavy atom. The highest BCUT2D eigenvalue weighted by Gasteiger charge is 2.13. The van der Waals surface area contributed by atoms with Crippen LogP contribution in [-0.4, -0.2) is 35.4 Å². The quantitative estimate of drug-likeness (QED) is 0.450. The number of nitrogens with zero attached hydrogens (tertiary/aromatic N) is 3. The first-order valence-corrected chi connectivity index (χ1v) is 10.3. The Bertz CT molecular complexity index is 1080. The number of hydrogen-bond donors (Lipinski definition) is 2. The number of halogens is 1. The Morgan fingerprint density at radius 1 is 1.13 bits per heavy atom. The molecular formula is C23H26FN5O2.